The van der Waals surface area contributed by atoms with Gasteiger partial charge in [0.15, 0.2) is 0 Å². The van der Waals surface area contributed by atoms with Gasteiger partial charge in [0.05, 0.1) is 0 Å². The Labute approximate surface area is 222 Å². The maximum Gasteiger partial charge on any atom is 1.00 e. The van der Waals surface area contributed by atoms with Gasteiger partial charge in [-0.1, -0.05) is 114 Å². The Morgan fingerprint density at radius 2 is 1.27 bits per heavy atom. The van der Waals surface area contributed by atoms with Gasteiger partial charge in [-0.2, -0.15) is 8.42 Å². The van der Waals surface area contributed by atoms with Crippen LogP contribution in [0.5, 0.6) is 17.2 Å². The van der Waals surface area contributed by atoms with Gasteiger partial charge in [-0.15, -0.1) is 0 Å². The molecule has 0 heterocycles. The molecular formula is C26H37NaO5S. The summed E-state index contributed by atoms with van der Waals surface area (Å²) in [5, 5.41) is 11.9. The summed E-state index contributed by atoms with van der Waals surface area (Å²) in [6.07, 6.45) is 15.2. The molecule has 1 N–H and O–H groups in total. The van der Waals surface area contributed by atoms with Crippen molar-refractivity contribution >= 4 is 10.1 Å². The van der Waals surface area contributed by atoms with E-state index in [1.165, 1.54) is 76.0 Å². The molecule has 0 spiro atoms. The molecule has 0 aromatic heterocycles. The first kappa shape index (κ1) is 30.0. The van der Waals surface area contributed by atoms with Crippen LogP contribution in [0.25, 0.3) is 0 Å². The monoisotopic (exact) mass is 484 g/mol. The Bertz CT molecular complexity index is 915. The molecular weight excluding hydrogens is 447 g/mol. The number of unbranched alkanes of at least 4 members (excludes halogenated alkanes) is 11. The number of hydrogen-bond donors (Lipinski definition) is 1. The van der Waals surface area contributed by atoms with Crippen molar-refractivity contribution in [3.63, 3.8) is 0 Å². The topological polar surface area (TPSA) is 86.7 Å². The summed E-state index contributed by atoms with van der Waals surface area (Å²) >= 11 is 0. The number of aryl methyl sites for hydroxylation is 1. The first-order chi connectivity index (χ1) is 15.4. The molecule has 2 rings (SSSR count). The van der Waals surface area contributed by atoms with E-state index >= 15 is 0 Å². The third-order valence-corrected chi connectivity index (χ3v) is 6.67. The summed E-state index contributed by atoms with van der Waals surface area (Å²) in [6.45, 7) is 2.24. The Morgan fingerprint density at radius 3 is 1.82 bits per heavy atom. The van der Waals surface area contributed by atoms with Crippen LogP contribution in [0.1, 0.15) is 89.5 Å². The van der Waals surface area contributed by atoms with Crippen LogP contribution in [0.15, 0.2) is 47.4 Å². The third-order valence-electron chi connectivity index (χ3n) is 5.69. The molecule has 0 atom stereocenters. The van der Waals surface area contributed by atoms with E-state index in [0.29, 0.717) is 12.0 Å². The molecule has 178 valence electrons. The molecule has 7 heteroatoms. The van der Waals surface area contributed by atoms with Crippen molar-refractivity contribution in [3.8, 4) is 17.2 Å². The fraction of sp³-hybridized carbons (Fsp3) is 0.538. The molecule has 33 heavy (non-hydrogen) atoms. The predicted octanol–water partition coefficient (Wildman–Crippen LogP) is 4.05. The molecule has 2 aromatic rings. The summed E-state index contributed by atoms with van der Waals surface area (Å²) in [4.78, 5) is -0.244. The van der Waals surface area contributed by atoms with E-state index in [-0.39, 0.29) is 51.7 Å². The van der Waals surface area contributed by atoms with Crippen molar-refractivity contribution in [1.29, 1.82) is 0 Å². The van der Waals surface area contributed by atoms with Crippen LogP contribution in [0.4, 0.5) is 0 Å². The third kappa shape index (κ3) is 11.3. The molecule has 0 bridgehead atoms. The van der Waals surface area contributed by atoms with Crippen molar-refractivity contribution in [2.75, 3.05) is 0 Å². The van der Waals surface area contributed by atoms with Gasteiger partial charge in [0, 0.05) is 0 Å². The molecule has 0 aliphatic rings. The Hall–Kier alpha value is -1.05. The standard InChI is InChI=1S/C26H38O5S.Na/c1-2-3-4-5-6-7-8-9-10-11-12-13-17-22-18-16-21-25(26(22)32(28,29)30)31-24-20-15-14-19-23(24)27;/h14-16,18-21,27H,2-13,17H2,1H3,(H,28,29,30);/q;+1/p-1. The van der Waals surface area contributed by atoms with Gasteiger partial charge in [-0.25, -0.2) is 0 Å². The predicted molar refractivity (Wildman–Crippen MR) is 127 cm³/mol. The van der Waals surface area contributed by atoms with Crippen LogP contribution in [-0.4, -0.2) is 13.0 Å². The fourth-order valence-corrected chi connectivity index (χ4v) is 4.81. The minimum atomic E-state index is -4.49. The molecule has 0 saturated heterocycles. The first-order valence-corrected chi connectivity index (χ1v) is 13.4. The summed E-state index contributed by atoms with van der Waals surface area (Å²) in [5.74, 6) is -0.340. The number of para-hydroxylation sites is 2. The van der Waals surface area contributed by atoms with E-state index in [0.717, 1.165) is 19.3 Å². The second kappa shape index (κ2) is 16.6. The maximum absolute atomic E-state index is 12.1. The van der Waals surface area contributed by atoms with E-state index in [1.54, 1.807) is 24.3 Å². The van der Waals surface area contributed by atoms with Crippen LogP contribution < -0.4 is 39.4 Å². The second-order valence-electron chi connectivity index (χ2n) is 8.41. The van der Waals surface area contributed by atoms with Crippen LogP contribution in [0.3, 0.4) is 0 Å². The first-order valence-electron chi connectivity index (χ1n) is 12.0. The summed E-state index contributed by atoms with van der Waals surface area (Å²) in [5.41, 5.74) is 0.514. The van der Waals surface area contributed by atoms with Gasteiger partial charge in [0.2, 0.25) is 0 Å². The second-order valence-corrected chi connectivity index (χ2v) is 9.77. The summed E-state index contributed by atoms with van der Waals surface area (Å²) in [7, 11) is -4.49. The number of hydrogen-bond acceptors (Lipinski definition) is 4. The van der Waals surface area contributed by atoms with Crippen molar-refractivity contribution < 1.29 is 52.4 Å². The minimum absolute atomic E-state index is 0. The number of rotatable bonds is 16. The SMILES string of the molecule is CCCCCCCCCCCCCCc1cccc(Oc2ccccc2[O-])c1S(=O)(=O)O.[Na+]. The molecule has 0 unspecified atom stereocenters. The number of benzene rings is 2. The summed E-state index contributed by atoms with van der Waals surface area (Å²) in [6, 6.07) is 10.9. The molecule has 0 aliphatic heterocycles. The van der Waals surface area contributed by atoms with Crippen molar-refractivity contribution in [1.82, 2.24) is 0 Å². The average Bonchev–Trinajstić information content (AvgIpc) is 2.75. The van der Waals surface area contributed by atoms with Crippen molar-refractivity contribution in [3.05, 3.63) is 48.0 Å². The normalized spacial score (nSPS) is 11.2. The molecule has 0 radical (unpaired) electrons. The van der Waals surface area contributed by atoms with Gasteiger partial charge in [-0.05, 0) is 30.5 Å². The van der Waals surface area contributed by atoms with E-state index in [9.17, 15) is 18.1 Å². The molecule has 5 nitrogen and oxygen atoms in total. The zero-order valence-corrected chi connectivity index (χ0v) is 23.0. The molecule has 0 amide bonds. The van der Waals surface area contributed by atoms with Gasteiger partial charge in [0.1, 0.15) is 16.4 Å². The largest absolute Gasteiger partial charge is 1.00 e. The zero-order valence-electron chi connectivity index (χ0n) is 20.2. The van der Waals surface area contributed by atoms with Crippen LogP contribution in [-0.2, 0) is 16.5 Å². The molecule has 2 aromatic carbocycles. The molecule has 0 fully saturated rings. The Kier molecular flexibility index (Phi) is 15.0. The van der Waals surface area contributed by atoms with Crippen molar-refractivity contribution in [2.45, 2.75) is 95.3 Å². The van der Waals surface area contributed by atoms with Gasteiger partial charge >= 0.3 is 29.6 Å². The van der Waals surface area contributed by atoms with Gasteiger partial charge in [-0.3, -0.25) is 4.55 Å². The van der Waals surface area contributed by atoms with Crippen LogP contribution >= 0.6 is 0 Å². The minimum Gasteiger partial charge on any atom is -0.870 e. The summed E-state index contributed by atoms with van der Waals surface area (Å²) < 4.78 is 39.5. The van der Waals surface area contributed by atoms with E-state index < -0.39 is 10.1 Å². The van der Waals surface area contributed by atoms with E-state index in [1.807, 2.05) is 0 Å². The molecule has 0 saturated carbocycles. The van der Waals surface area contributed by atoms with E-state index in [2.05, 4.69) is 6.92 Å². The van der Waals surface area contributed by atoms with Gasteiger partial charge < -0.3 is 9.84 Å². The number of ether oxygens (including phenoxy) is 1. The van der Waals surface area contributed by atoms with Crippen molar-refractivity contribution in [2.24, 2.45) is 0 Å². The quantitative estimate of drug-likeness (QED) is 0.221. The maximum atomic E-state index is 12.1. The molecule has 0 aliphatic carbocycles. The van der Waals surface area contributed by atoms with Crippen LogP contribution in [0, 0.1) is 0 Å². The average molecular weight is 485 g/mol. The Morgan fingerprint density at radius 1 is 0.758 bits per heavy atom. The van der Waals surface area contributed by atoms with Gasteiger partial charge in [0.25, 0.3) is 10.1 Å². The van der Waals surface area contributed by atoms with Crippen LogP contribution in [0.2, 0.25) is 0 Å². The zero-order chi connectivity index (χ0) is 23.2. The van der Waals surface area contributed by atoms with E-state index in [4.69, 9.17) is 4.74 Å². The smallest absolute Gasteiger partial charge is 0.870 e. The fourth-order valence-electron chi connectivity index (χ4n) is 3.94. The Balaban J connectivity index is 0.00000544.